The van der Waals surface area contributed by atoms with E-state index in [4.69, 9.17) is 26.0 Å². The highest BCUT2D eigenvalue weighted by molar-refractivity contribution is 7.13. The SMILES string of the molecule is CCN(CC)c1ccc2cc(-c3nc(-c4ccc(C)cc4)cs3)c(=Nc3ccc(Cl)cc3)oc2c1. The first-order valence-corrected chi connectivity index (χ1v) is 13.0. The van der Waals surface area contributed by atoms with Gasteiger partial charge in [0.15, 0.2) is 0 Å². The van der Waals surface area contributed by atoms with Gasteiger partial charge in [0, 0.05) is 46.2 Å². The van der Waals surface area contributed by atoms with E-state index in [1.165, 1.54) is 5.56 Å². The lowest BCUT2D eigenvalue weighted by Crippen LogP contribution is -2.21. The van der Waals surface area contributed by atoms with Crippen LogP contribution in [0.15, 0.2) is 87.6 Å². The summed E-state index contributed by atoms with van der Waals surface area (Å²) in [5, 5.41) is 4.63. The molecule has 176 valence electrons. The molecule has 2 heterocycles. The minimum absolute atomic E-state index is 0.529. The van der Waals surface area contributed by atoms with Gasteiger partial charge in [-0.25, -0.2) is 9.98 Å². The Balaban J connectivity index is 1.67. The first-order valence-electron chi connectivity index (χ1n) is 11.7. The molecule has 0 saturated carbocycles. The van der Waals surface area contributed by atoms with Gasteiger partial charge in [-0.1, -0.05) is 41.4 Å². The van der Waals surface area contributed by atoms with Crippen LogP contribution >= 0.6 is 22.9 Å². The van der Waals surface area contributed by atoms with E-state index in [1.807, 2.05) is 24.3 Å². The summed E-state index contributed by atoms with van der Waals surface area (Å²) in [6.07, 6.45) is 0. The lowest BCUT2D eigenvalue weighted by atomic mass is 10.1. The molecular weight excluding hydrogens is 474 g/mol. The zero-order chi connectivity index (χ0) is 24.4. The Morgan fingerprint density at radius 2 is 1.69 bits per heavy atom. The van der Waals surface area contributed by atoms with Crippen LogP contribution in [-0.2, 0) is 0 Å². The molecule has 0 saturated heterocycles. The summed E-state index contributed by atoms with van der Waals surface area (Å²) >= 11 is 7.68. The van der Waals surface area contributed by atoms with Gasteiger partial charge in [0.25, 0.3) is 0 Å². The number of nitrogens with zero attached hydrogens (tertiary/aromatic N) is 3. The van der Waals surface area contributed by atoms with Crippen molar-refractivity contribution in [1.82, 2.24) is 4.98 Å². The van der Waals surface area contributed by atoms with E-state index in [-0.39, 0.29) is 0 Å². The van der Waals surface area contributed by atoms with E-state index in [0.717, 1.165) is 57.3 Å². The molecular formula is C29H26ClN3OS. The topological polar surface area (TPSA) is 41.6 Å². The van der Waals surface area contributed by atoms with Crippen LogP contribution in [-0.4, -0.2) is 18.1 Å². The molecule has 35 heavy (non-hydrogen) atoms. The molecule has 0 fully saturated rings. The van der Waals surface area contributed by atoms with Gasteiger partial charge >= 0.3 is 0 Å². The quantitative estimate of drug-likeness (QED) is 0.236. The summed E-state index contributed by atoms with van der Waals surface area (Å²) in [4.78, 5) is 12.1. The average Bonchev–Trinajstić information content (AvgIpc) is 3.36. The Bertz CT molecular complexity index is 1530. The highest BCUT2D eigenvalue weighted by Crippen LogP contribution is 2.31. The summed E-state index contributed by atoms with van der Waals surface area (Å²) in [6.45, 7) is 8.27. The van der Waals surface area contributed by atoms with Crippen LogP contribution in [0.1, 0.15) is 19.4 Å². The molecule has 0 amide bonds. The summed E-state index contributed by atoms with van der Waals surface area (Å²) in [7, 11) is 0. The predicted octanol–water partition coefficient (Wildman–Crippen LogP) is 8.26. The molecule has 5 aromatic rings. The molecule has 6 heteroatoms. The molecule has 4 nitrogen and oxygen atoms in total. The molecule has 0 bridgehead atoms. The molecule has 0 N–H and O–H groups in total. The lowest BCUT2D eigenvalue weighted by molar-refractivity contribution is 0.547. The van der Waals surface area contributed by atoms with Gasteiger partial charge in [-0.2, -0.15) is 0 Å². The molecule has 5 rings (SSSR count). The zero-order valence-electron chi connectivity index (χ0n) is 20.0. The van der Waals surface area contributed by atoms with Gasteiger partial charge < -0.3 is 9.32 Å². The van der Waals surface area contributed by atoms with E-state index >= 15 is 0 Å². The van der Waals surface area contributed by atoms with Gasteiger partial charge in [0.05, 0.1) is 16.9 Å². The molecule has 0 radical (unpaired) electrons. The third kappa shape index (κ3) is 5.02. The van der Waals surface area contributed by atoms with Crippen LogP contribution in [0.3, 0.4) is 0 Å². The van der Waals surface area contributed by atoms with Crippen molar-refractivity contribution < 1.29 is 4.42 Å². The number of thiazole rings is 1. The fourth-order valence-corrected chi connectivity index (χ4v) is 4.98. The number of rotatable bonds is 6. The number of halogens is 1. The first-order chi connectivity index (χ1) is 17.0. The summed E-state index contributed by atoms with van der Waals surface area (Å²) < 4.78 is 6.43. The fraction of sp³-hybridized carbons (Fsp3) is 0.172. The lowest BCUT2D eigenvalue weighted by Gasteiger charge is -2.21. The Kier molecular flexibility index (Phi) is 6.71. The number of hydrogen-bond donors (Lipinski definition) is 0. The predicted molar refractivity (Wildman–Crippen MR) is 148 cm³/mol. The van der Waals surface area contributed by atoms with Crippen molar-refractivity contribution >= 4 is 45.3 Å². The van der Waals surface area contributed by atoms with Crippen molar-refractivity contribution in [2.45, 2.75) is 20.8 Å². The van der Waals surface area contributed by atoms with E-state index < -0.39 is 0 Å². The zero-order valence-corrected chi connectivity index (χ0v) is 21.5. The van der Waals surface area contributed by atoms with Crippen LogP contribution in [0.25, 0.3) is 32.8 Å². The van der Waals surface area contributed by atoms with Gasteiger partial charge in [-0.3, -0.25) is 0 Å². The number of aromatic nitrogens is 1. The molecule has 3 aromatic carbocycles. The maximum atomic E-state index is 6.43. The summed E-state index contributed by atoms with van der Waals surface area (Å²) in [5.41, 5.74) is 7.36. The molecule has 2 aromatic heterocycles. The van der Waals surface area contributed by atoms with Crippen LogP contribution < -0.4 is 10.5 Å². The second-order valence-electron chi connectivity index (χ2n) is 8.35. The average molecular weight is 500 g/mol. The number of aryl methyl sites for hydroxylation is 1. The van der Waals surface area contributed by atoms with Crippen molar-refractivity contribution in [2.24, 2.45) is 4.99 Å². The molecule has 0 aliphatic carbocycles. The third-order valence-electron chi connectivity index (χ3n) is 6.00. The van der Waals surface area contributed by atoms with Crippen LogP contribution in [0.4, 0.5) is 11.4 Å². The highest BCUT2D eigenvalue weighted by Gasteiger charge is 2.13. The smallest absolute Gasteiger partial charge is 0.230 e. The van der Waals surface area contributed by atoms with Crippen molar-refractivity contribution in [3.8, 4) is 21.8 Å². The van der Waals surface area contributed by atoms with Crippen LogP contribution in [0, 0.1) is 6.92 Å². The van der Waals surface area contributed by atoms with Crippen molar-refractivity contribution in [3.05, 3.63) is 94.3 Å². The van der Waals surface area contributed by atoms with Crippen molar-refractivity contribution in [2.75, 3.05) is 18.0 Å². The second-order valence-corrected chi connectivity index (χ2v) is 9.65. The van der Waals surface area contributed by atoms with Gasteiger partial charge in [0.2, 0.25) is 5.55 Å². The minimum atomic E-state index is 0.529. The van der Waals surface area contributed by atoms with E-state index in [1.54, 1.807) is 11.3 Å². The second kappa shape index (κ2) is 10.1. The Labute approximate surface area is 214 Å². The maximum absolute atomic E-state index is 6.43. The Morgan fingerprint density at radius 1 is 0.943 bits per heavy atom. The molecule has 0 atom stereocenters. The third-order valence-corrected chi connectivity index (χ3v) is 7.13. The molecule has 0 unspecified atom stereocenters. The van der Waals surface area contributed by atoms with Crippen LogP contribution in [0.2, 0.25) is 5.02 Å². The van der Waals surface area contributed by atoms with E-state index in [0.29, 0.717) is 10.6 Å². The number of fused-ring (bicyclic) bond motifs is 1. The van der Waals surface area contributed by atoms with E-state index in [2.05, 4.69) is 79.6 Å². The number of benzene rings is 3. The molecule has 0 aliphatic heterocycles. The van der Waals surface area contributed by atoms with Gasteiger partial charge in [0.1, 0.15) is 10.6 Å². The number of anilines is 1. The Morgan fingerprint density at radius 3 is 2.40 bits per heavy atom. The minimum Gasteiger partial charge on any atom is -0.438 e. The highest BCUT2D eigenvalue weighted by atomic mass is 35.5. The largest absolute Gasteiger partial charge is 0.438 e. The Hall–Kier alpha value is -3.41. The standard InChI is InChI=1S/C29H26ClN3OS/c1-4-33(5-2)24-15-10-21-16-25(29-32-26(18-35-29)20-8-6-19(3)7-9-20)28(34-27(21)17-24)31-23-13-11-22(30)12-14-23/h6-18H,4-5H2,1-3H3. The van der Waals surface area contributed by atoms with Gasteiger partial charge in [-0.05, 0) is 63.2 Å². The van der Waals surface area contributed by atoms with Crippen molar-refractivity contribution in [3.63, 3.8) is 0 Å². The van der Waals surface area contributed by atoms with Crippen molar-refractivity contribution in [1.29, 1.82) is 0 Å². The fourth-order valence-electron chi connectivity index (χ4n) is 4.02. The normalized spacial score (nSPS) is 11.8. The maximum Gasteiger partial charge on any atom is 0.230 e. The van der Waals surface area contributed by atoms with E-state index in [9.17, 15) is 0 Å². The first kappa shape index (κ1) is 23.3. The van der Waals surface area contributed by atoms with Crippen LogP contribution in [0.5, 0.6) is 0 Å². The molecule has 0 aliphatic rings. The van der Waals surface area contributed by atoms with Gasteiger partial charge in [-0.15, -0.1) is 11.3 Å². The molecule has 0 spiro atoms. The summed E-state index contributed by atoms with van der Waals surface area (Å²) in [6, 6.07) is 24.3. The number of hydrogen-bond acceptors (Lipinski definition) is 5. The monoisotopic (exact) mass is 499 g/mol. The summed E-state index contributed by atoms with van der Waals surface area (Å²) in [5.74, 6) is 0.